The van der Waals surface area contributed by atoms with Crippen molar-refractivity contribution in [1.29, 1.82) is 0 Å². The molecule has 0 unspecified atom stereocenters. The third-order valence-electron chi connectivity index (χ3n) is 3.92. The van der Waals surface area contributed by atoms with Crippen molar-refractivity contribution in [2.45, 2.75) is 13.3 Å². The summed E-state index contributed by atoms with van der Waals surface area (Å²) < 4.78 is 44.3. The molecular weight excluding hydrogens is 413 g/mol. The van der Waals surface area contributed by atoms with E-state index in [9.17, 15) is 22.4 Å². The van der Waals surface area contributed by atoms with Gasteiger partial charge < -0.3 is 15.4 Å². The molecule has 2 rings (SSSR count). The molecule has 0 fully saturated rings. The first kappa shape index (κ1) is 23.3. The first-order chi connectivity index (χ1) is 14.3. The van der Waals surface area contributed by atoms with Crippen LogP contribution >= 0.6 is 0 Å². The van der Waals surface area contributed by atoms with Gasteiger partial charge in [0.1, 0.15) is 18.2 Å². The molecule has 0 heterocycles. The molecule has 0 saturated heterocycles. The first-order valence-electron chi connectivity index (χ1n) is 9.33. The Labute approximate surface area is 174 Å². The Morgan fingerprint density at radius 3 is 2.30 bits per heavy atom. The fraction of sp³-hybridized carbons (Fsp3) is 0.300. The number of nitrogens with one attached hydrogen (secondary N) is 3. The van der Waals surface area contributed by atoms with Crippen LogP contribution in [-0.4, -0.2) is 45.7 Å². The van der Waals surface area contributed by atoms with E-state index in [0.29, 0.717) is 23.4 Å². The van der Waals surface area contributed by atoms with Gasteiger partial charge in [-0.05, 0) is 48.5 Å². The van der Waals surface area contributed by atoms with E-state index in [0.717, 1.165) is 0 Å². The van der Waals surface area contributed by atoms with Crippen LogP contribution in [0.25, 0.3) is 0 Å². The Kier molecular flexibility index (Phi) is 8.75. The number of halogens is 1. The molecule has 0 radical (unpaired) electrons. The van der Waals surface area contributed by atoms with Gasteiger partial charge in [-0.15, -0.1) is 0 Å². The summed E-state index contributed by atoms with van der Waals surface area (Å²) in [7, 11) is -3.58. The minimum Gasteiger partial charge on any atom is -0.492 e. The van der Waals surface area contributed by atoms with Gasteiger partial charge in [-0.25, -0.2) is 17.5 Å². The lowest BCUT2D eigenvalue weighted by molar-refractivity contribution is -0.115. The maximum Gasteiger partial charge on any atom is 0.251 e. The number of benzene rings is 2. The summed E-state index contributed by atoms with van der Waals surface area (Å²) in [5.74, 6) is -0.787. The number of hydrogen-bond donors (Lipinski definition) is 3. The molecule has 8 nitrogen and oxygen atoms in total. The van der Waals surface area contributed by atoms with Gasteiger partial charge >= 0.3 is 0 Å². The van der Waals surface area contributed by atoms with Crippen molar-refractivity contribution >= 4 is 27.5 Å². The van der Waals surface area contributed by atoms with Gasteiger partial charge in [-0.3, -0.25) is 9.59 Å². The van der Waals surface area contributed by atoms with Crippen molar-refractivity contribution in [2.75, 3.05) is 30.8 Å². The van der Waals surface area contributed by atoms with E-state index in [1.54, 1.807) is 31.2 Å². The summed E-state index contributed by atoms with van der Waals surface area (Å²) in [6, 6.07) is 11.6. The zero-order chi connectivity index (χ0) is 22.0. The molecule has 0 aliphatic heterocycles. The molecule has 30 heavy (non-hydrogen) atoms. The largest absolute Gasteiger partial charge is 0.492 e. The Balaban J connectivity index is 1.68. The van der Waals surface area contributed by atoms with Gasteiger partial charge in [-0.2, -0.15) is 0 Å². The third-order valence-corrected chi connectivity index (χ3v) is 5.27. The predicted octanol–water partition coefficient (Wildman–Crippen LogP) is 1.90. The van der Waals surface area contributed by atoms with Crippen molar-refractivity contribution < 1.29 is 27.1 Å². The molecule has 0 atom stereocenters. The smallest absolute Gasteiger partial charge is 0.251 e. The topological polar surface area (TPSA) is 114 Å². The second-order valence-electron chi connectivity index (χ2n) is 6.25. The monoisotopic (exact) mass is 437 g/mol. The zero-order valence-corrected chi connectivity index (χ0v) is 17.3. The van der Waals surface area contributed by atoms with E-state index in [-0.39, 0.29) is 37.3 Å². The number of amides is 2. The SMILES string of the molecule is CCC(=O)Nc1ccc(C(=O)NCCNS(=O)(=O)CCOc2ccc(F)cc2)cc1. The van der Waals surface area contributed by atoms with Gasteiger partial charge in [-0.1, -0.05) is 6.92 Å². The number of anilines is 1. The third kappa shape index (κ3) is 8.18. The highest BCUT2D eigenvalue weighted by atomic mass is 32.2. The van der Waals surface area contributed by atoms with Gasteiger partial charge in [0.25, 0.3) is 5.91 Å². The average molecular weight is 437 g/mol. The normalized spacial score (nSPS) is 11.0. The van der Waals surface area contributed by atoms with Gasteiger partial charge in [0, 0.05) is 30.8 Å². The summed E-state index contributed by atoms with van der Waals surface area (Å²) in [6.45, 7) is 1.78. The number of rotatable bonds is 11. The molecule has 0 spiro atoms. The van der Waals surface area contributed by atoms with Crippen LogP contribution in [0.15, 0.2) is 48.5 Å². The van der Waals surface area contributed by atoms with Crippen molar-refractivity contribution in [1.82, 2.24) is 10.0 Å². The Morgan fingerprint density at radius 1 is 1.00 bits per heavy atom. The predicted molar refractivity (Wildman–Crippen MR) is 111 cm³/mol. The minimum absolute atomic E-state index is 0.0231. The van der Waals surface area contributed by atoms with Crippen LogP contribution in [0, 0.1) is 5.82 Å². The van der Waals surface area contributed by atoms with E-state index in [2.05, 4.69) is 15.4 Å². The second kappa shape index (κ2) is 11.3. The Hall–Kier alpha value is -2.98. The summed E-state index contributed by atoms with van der Waals surface area (Å²) >= 11 is 0. The molecule has 2 amide bonds. The quantitative estimate of drug-likeness (QED) is 0.465. The lowest BCUT2D eigenvalue weighted by Crippen LogP contribution is -2.36. The summed E-state index contributed by atoms with van der Waals surface area (Å²) in [5.41, 5.74) is 0.981. The summed E-state index contributed by atoms with van der Waals surface area (Å²) in [5, 5.41) is 5.29. The number of ether oxygens (including phenoxy) is 1. The summed E-state index contributed by atoms with van der Waals surface area (Å²) in [6.07, 6.45) is 0.358. The van der Waals surface area contributed by atoms with Gasteiger partial charge in [0.2, 0.25) is 15.9 Å². The van der Waals surface area contributed by atoms with Gasteiger partial charge in [0.05, 0.1) is 5.75 Å². The lowest BCUT2D eigenvalue weighted by Gasteiger charge is -2.10. The molecule has 2 aromatic carbocycles. The van der Waals surface area contributed by atoms with Crippen molar-refractivity contribution in [2.24, 2.45) is 0 Å². The molecular formula is C20H24FN3O5S. The fourth-order valence-corrected chi connectivity index (χ4v) is 3.17. The van der Waals surface area contributed by atoms with Crippen molar-refractivity contribution in [3.8, 4) is 5.75 Å². The van der Waals surface area contributed by atoms with Crippen LogP contribution in [0.5, 0.6) is 5.75 Å². The number of carbonyl (C=O) groups is 2. The molecule has 162 valence electrons. The van der Waals surface area contributed by atoms with Crippen LogP contribution < -0.4 is 20.1 Å². The van der Waals surface area contributed by atoms with Crippen LogP contribution in [0.2, 0.25) is 0 Å². The zero-order valence-electron chi connectivity index (χ0n) is 16.5. The molecule has 0 aliphatic carbocycles. The molecule has 2 aromatic rings. The first-order valence-corrected chi connectivity index (χ1v) is 11.0. The molecule has 10 heteroatoms. The van der Waals surface area contributed by atoms with E-state index < -0.39 is 15.8 Å². The molecule has 0 bridgehead atoms. The van der Waals surface area contributed by atoms with Crippen LogP contribution in [-0.2, 0) is 14.8 Å². The number of sulfonamides is 1. The summed E-state index contributed by atoms with van der Waals surface area (Å²) in [4.78, 5) is 23.4. The standard InChI is InChI=1S/C20H24FN3O5S/c1-2-19(25)24-17-7-3-15(4-8-17)20(26)22-11-12-23-30(27,28)14-13-29-18-9-5-16(21)6-10-18/h3-10,23H,2,11-14H2,1H3,(H,22,26)(H,24,25). The van der Waals surface area contributed by atoms with E-state index in [1.165, 1.54) is 24.3 Å². The Morgan fingerprint density at radius 2 is 1.67 bits per heavy atom. The maximum absolute atomic E-state index is 12.8. The Bertz CT molecular complexity index is 947. The van der Waals surface area contributed by atoms with Crippen molar-refractivity contribution in [3.05, 3.63) is 59.9 Å². The highest BCUT2D eigenvalue weighted by Gasteiger charge is 2.11. The molecule has 3 N–H and O–H groups in total. The molecule has 0 aromatic heterocycles. The van der Waals surface area contributed by atoms with Gasteiger partial charge in [0.15, 0.2) is 0 Å². The average Bonchev–Trinajstić information content (AvgIpc) is 2.73. The van der Waals surface area contributed by atoms with Crippen LogP contribution in [0.1, 0.15) is 23.7 Å². The van der Waals surface area contributed by atoms with Crippen molar-refractivity contribution in [3.63, 3.8) is 0 Å². The van der Waals surface area contributed by atoms with Crippen LogP contribution in [0.3, 0.4) is 0 Å². The van der Waals surface area contributed by atoms with E-state index in [4.69, 9.17) is 4.74 Å². The highest BCUT2D eigenvalue weighted by molar-refractivity contribution is 7.89. The molecule has 0 aliphatic rings. The van der Waals surface area contributed by atoms with E-state index in [1.807, 2.05) is 0 Å². The lowest BCUT2D eigenvalue weighted by atomic mass is 10.2. The molecule has 0 saturated carbocycles. The minimum atomic E-state index is -3.58. The maximum atomic E-state index is 12.8. The van der Waals surface area contributed by atoms with Crippen LogP contribution in [0.4, 0.5) is 10.1 Å². The van der Waals surface area contributed by atoms with E-state index >= 15 is 0 Å². The fourth-order valence-electron chi connectivity index (χ4n) is 2.31. The highest BCUT2D eigenvalue weighted by Crippen LogP contribution is 2.11. The second-order valence-corrected chi connectivity index (χ2v) is 8.18. The number of hydrogen-bond acceptors (Lipinski definition) is 5. The number of carbonyl (C=O) groups excluding carboxylic acids is 2.